The van der Waals surface area contributed by atoms with E-state index < -0.39 is 5.60 Å². The minimum atomic E-state index is -0.793. The quantitative estimate of drug-likeness (QED) is 0.220. The molecule has 6 rings (SSSR count). The highest BCUT2D eigenvalue weighted by molar-refractivity contribution is 5.47. The molecule has 2 heterocycles. The number of hydrogen-bond acceptors (Lipinski definition) is 3. The van der Waals surface area contributed by atoms with Crippen LogP contribution in [0.2, 0.25) is 0 Å². The van der Waals surface area contributed by atoms with Gasteiger partial charge in [-0.2, -0.15) is 0 Å². The average molecular weight is 487 g/mol. The number of aryl methyl sites for hydroxylation is 1. The van der Waals surface area contributed by atoms with E-state index in [1.807, 2.05) is 25.1 Å². The maximum atomic E-state index is 6.96. The van der Waals surface area contributed by atoms with Crippen LogP contribution in [0.3, 0.4) is 0 Å². The normalized spacial score (nSPS) is 15.3. The lowest BCUT2D eigenvalue weighted by atomic mass is 9.80. The van der Waals surface area contributed by atoms with Crippen molar-refractivity contribution in [1.29, 1.82) is 0 Å². The summed E-state index contributed by atoms with van der Waals surface area (Å²) in [6.45, 7) is 3.03. The Bertz CT molecular complexity index is 1360. The van der Waals surface area contributed by atoms with Crippen molar-refractivity contribution in [3.8, 4) is 0 Å². The Balaban J connectivity index is 1.39. The molecule has 3 nitrogen and oxygen atoms in total. The summed E-state index contributed by atoms with van der Waals surface area (Å²) in [5.41, 5.74) is 6.04. The summed E-state index contributed by atoms with van der Waals surface area (Å²) in [5.74, 6) is 1.65. The van der Waals surface area contributed by atoms with Gasteiger partial charge in [-0.1, -0.05) is 115 Å². The molecule has 1 aliphatic heterocycles. The number of hydrogen-bond donors (Lipinski definition) is 0. The molecule has 184 valence electrons. The van der Waals surface area contributed by atoms with Crippen LogP contribution in [0.15, 0.2) is 126 Å². The monoisotopic (exact) mass is 486 g/mol. The Morgan fingerprint density at radius 1 is 0.703 bits per heavy atom. The second-order valence-corrected chi connectivity index (χ2v) is 9.49. The fraction of sp³-hybridized carbons (Fsp3) is 0.176. The molecule has 0 amide bonds. The van der Waals surface area contributed by atoms with E-state index >= 15 is 0 Å². The summed E-state index contributed by atoms with van der Waals surface area (Å²) in [4.78, 5) is 0. The molecule has 0 aliphatic carbocycles. The van der Waals surface area contributed by atoms with Gasteiger partial charge in [-0.3, -0.25) is 0 Å². The smallest absolute Gasteiger partial charge is 0.144 e. The van der Waals surface area contributed by atoms with Gasteiger partial charge in [-0.25, -0.2) is 0 Å². The Morgan fingerprint density at radius 3 is 1.84 bits per heavy atom. The fourth-order valence-corrected chi connectivity index (χ4v) is 5.49. The second-order valence-electron chi connectivity index (χ2n) is 9.49. The van der Waals surface area contributed by atoms with E-state index in [1.54, 1.807) is 0 Å². The van der Waals surface area contributed by atoms with Gasteiger partial charge in [0.05, 0.1) is 6.61 Å². The third-order valence-electron chi connectivity index (χ3n) is 7.26. The third kappa shape index (κ3) is 4.42. The van der Waals surface area contributed by atoms with Crippen LogP contribution in [-0.2, 0) is 28.1 Å². The van der Waals surface area contributed by atoms with Gasteiger partial charge < -0.3 is 13.9 Å². The predicted octanol–water partition coefficient (Wildman–Crippen LogP) is 7.76. The molecule has 37 heavy (non-hydrogen) atoms. The molecule has 0 saturated heterocycles. The molecule has 0 spiro atoms. The highest BCUT2D eigenvalue weighted by Gasteiger charge is 2.38. The van der Waals surface area contributed by atoms with Crippen LogP contribution in [0.4, 0.5) is 0 Å². The Labute approximate surface area is 218 Å². The van der Waals surface area contributed by atoms with E-state index in [4.69, 9.17) is 13.9 Å². The van der Waals surface area contributed by atoms with E-state index in [2.05, 4.69) is 103 Å². The maximum absolute atomic E-state index is 6.96. The molecule has 0 radical (unpaired) electrons. The first-order valence-electron chi connectivity index (χ1n) is 12.8. The van der Waals surface area contributed by atoms with Crippen molar-refractivity contribution >= 4 is 0 Å². The molecule has 3 heteroatoms. The summed E-state index contributed by atoms with van der Waals surface area (Å²) in [6.07, 6.45) is 0.817. The molecular formula is C34H30O3. The minimum Gasteiger partial charge on any atom is -0.464 e. The number of rotatable bonds is 7. The standard InChI is InChI=1S/C34H30O3/c1-25-32(33-31-20-12-11-13-26(31)21-22-35-33)23-30(37-25)24-36-34(27-14-5-2-6-15-27,28-16-7-3-8-17-28)29-18-9-4-10-19-29/h2-20,23,33H,21-22,24H2,1H3. The lowest BCUT2D eigenvalue weighted by Gasteiger charge is -2.35. The van der Waals surface area contributed by atoms with E-state index in [0.29, 0.717) is 13.2 Å². The summed E-state index contributed by atoms with van der Waals surface area (Å²) in [6, 6.07) is 41.9. The Hall–Kier alpha value is -3.92. The van der Waals surface area contributed by atoms with Crippen molar-refractivity contribution < 1.29 is 13.9 Å². The molecule has 1 atom stereocenters. The average Bonchev–Trinajstić information content (AvgIpc) is 3.35. The zero-order valence-electron chi connectivity index (χ0n) is 21.0. The topological polar surface area (TPSA) is 31.6 Å². The molecule has 4 aromatic carbocycles. The zero-order chi connectivity index (χ0) is 25.1. The summed E-state index contributed by atoms with van der Waals surface area (Å²) in [5, 5.41) is 0. The van der Waals surface area contributed by atoms with Crippen LogP contribution in [0.5, 0.6) is 0 Å². The van der Waals surface area contributed by atoms with Crippen LogP contribution in [0.25, 0.3) is 0 Å². The molecule has 0 saturated carbocycles. The van der Waals surface area contributed by atoms with Gasteiger partial charge in [-0.15, -0.1) is 0 Å². The Kier molecular flexibility index (Phi) is 6.48. The summed E-state index contributed by atoms with van der Waals surface area (Å²) >= 11 is 0. The lowest BCUT2D eigenvalue weighted by molar-refractivity contribution is -0.00816. The largest absolute Gasteiger partial charge is 0.464 e. The van der Waals surface area contributed by atoms with E-state index in [-0.39, 0.29) is 6.10 Å². The van der Waals surface area contributed by atoms with Crippen molar-refractivity contribution in [2.45, 2.75) is 31.7 Å². The van der Waals surface area contributed by atoms with Crippen molar-refractivity contribution in [1.82, 2.24) is 0 Å². The number of benzene rings is 4. The summed E-state index contributed by atoms with van der Waals surface area (Å²) in [7, 11) is 0. The second kappa shape index (κ2) is 10.2. The van der Waals surface area contributed by atoms with Gasteiger partial charge in [0.2, 0.25) is 0 Å². The fourth-order valence-electron chi connectivity index (χ4n) is 5.49. The third-order valence-corrected chi connectivity index (χ3v) is 7.26. The first-order valence-corrected chi connectivity index (χ1v) is 12.8. The van der Waals surface area contributed by atoms with E-state index in [9.17, 15) is 0 Å². The molecular weight excluding hydrogens is 456 g/mol. The molecule has 0 bridgehead atoms. The van der Waals surface area contributed by atoms with Crippen molar-refractivity contribution in [2.75, 3.05) is 6.61 Å². The minimum absolute atomic E-state index is 0.121. The molecule has 1 aromatic heterocycles. The van der Waals surface area contributed by atoms with Crippen LogP contribution in [0.1, 0.15) is 51.0 Å². The zero-order valence-corrected chi connectivity index (χ0v) is 21.0. The first-order chi connectivity index (χ1) is 18.3. The van der Waals surface area contributed by atoms with E-state index in [0.717, 1.165) is 40.2 Å². The first kappa shape index (κ1) is 23.5. The van der Waals surface area contributed by atoms with Gasteiger partial charge in [0.15, 0.2) is 0 Å². The van der Waals surface area contributed by atoms with Gasteiger partial charge in [0.1, 0.15) is 29.8 Å². The highest BCUT2D eigenvalue weighted by atomic mass is 16.5. The molecule has 0 N–H and O–H groups in total. The number of furan rings is 1. The molecule has 1 unspecified atom stereocenters. The summed E-state index contributed by atoms with van der Waals surface area (Å²) < 4.78 is 19.5. The van der Waals surface area contributed by atoms with Gasteiger partial charge >= 0.3 is 0 Å². The van der Waals surface area contributed by atoms with Gasteiger partial charge in [-0.05, 0) is 47.2 Å². The van der Waals surface area contributed by atoms with Crippen molar-refractivity contribution in [2.24, 2.45) is 0 Å². The van der Waals surface area contributed by atoms with Gasteiger partial charge in [0.25, 0.3) is 0 Å². The predicted molar refractivity (Wildman–Crippen MR) is 145 cm³/mol. The molecule has 1 aliphatic rings. The van der Waals surface area contributed by atoms with Crippen LogP contribution in [0, 0.1) is 6.92 Å². The van der Waals surface area contributed by atoms with Crippen LogP contribution >= 0.6 is 0 Å². The molecule has 5 aromatic rings. The van der Waals surface area contributed by atoms with E-state index in [1.165, 1.54) is 11.1 Å². The van der Waals surface area contributed by atoms with Crippen molar-refractivity contribution in [3.05, 3.63) is 166 Å². The maximum Gasteiger partial charge on any atom is 0.144 e. The number of fused-ring (bicyclic) bond motifs is 1. The Morgan fingerprint density at radius 2 is 1.24 bits per heavy atom. The number of ether oxygens (including phenoxy) is 2. The SMILES string of the molecule is Cc1oc(COC(c2ccccc2)(c2ccccc2)c2ccccc2)cc1C1OCCc2ccccc21. The highest BCUT2D eigenvalue weighted by Crippen LogP contribution is 2.42. The van der Waals surface area contributed by atoms with Gasteiger partial charge in [0, 0.05) is 5.56 Å². The molecule has 0 fully saturated rings. The van der Waals surface area contributed by atoms with Crippen LogP contribution in [-0.4, -0.2) is 6.61 Å². The van der Waals surface area contributed by atoms with Crippen LogP contribution < -0.4 is 0 Å². The van der Waals surface area contributed by atoms with Crippen molar-refractivity contribution in [3.63, 3.8) is 0 Å². The lowest BCUT2D eigenvalue weighted by Crippen LogP contribution is -2.32.